The molecule has 0 saturated carbocycles. The van der Waals surface area contributed by atoms with E-state index in [9.17, 15) is 9.90 Å². The van der Waals surface area contributed by atoms with Gasteiger partial charge in [0.05, 0.1) is 24.2 Å². The van der Waals surface area contributed by atoms with Crippen LogP contribution in [0.25, 0.3) is 0 Å². The average Bonchev–Trinajstić information content (AvgIpc) is 2.67. The van der Waals surface area contributed by atoms with E-state index in [2.05, 4.69) is 0 Å². The van der Waals surface area contributed by atoms with Gasteiger partial charge in [0, 0.05) is 10.7 Å². The molecule has 0 atom stereocenters. The Bertz CT molecular complexity index is 941. The third-order valence-electron chi connectivity index (χ3n) is 4.07. The Labute approximate surface area is 167 Å². The highest BCUT2D eigenvalue weighted by atomic mass is 35.5. The van der Waals surface area contributed by atoms with E-state index in [1.54, 1.807) is 42.3 Å². The molecule has 3 aromatic carbocycles. The molecule has 3 aromatic rings. The van der Waals surface area contributed by atoms with E-state index in [0.29, 0.717) is 22.8 Å². The third-order valence-corrected chi connectivity index (χ3v) is 4.62. The summed E-state index contributed by atoms with van der Waals surface area (Å²) in [5, 5.41) is 10.3. The van der Waals surface area contributed by atoms with Crippen molar-refractivity contribution < 1.29 is 14.6 Å². The van der Waals surface area contributed by atoms with Crippen molar-refractivity contribution in [1.82, 2.24) is 0 Å². The van der Waals surface area contributed by atoms with E-state index in [4.69, 9.17) is 27.9 Å². The van der Waals surface area contributed by atoms with Crippen LogP contribution in [-0.2, 0) is 6.54 Å². The van der Waals surface area contributed by atoms with Gasteiger partial charge in [0.2, 0.25) is 0 Å². The van der Waals surface area contributed by atoms with E-state index in [1.807, 2.05) is 24.3 Å². The van der Waals surface area contributed by atoms with E-state index >= 15 is 0 Å². The fraction of sp³-hybridized carbons (Fsp3) is 0.0952. The van der Waals surface area contributed by atoms with E-state index in [1.165, 1.54) is 12.1 Å². The minimum Gasteiger partial charge on any atom is -0.508 e. The van der Waals surface area contributed by atoms with Crippen LogP contribution < -0.4 is 9.64 Å². The molecule has 0 aliphatic heterocycles. The minimum absolute atomic E-state index is 0.125. The van der Waals surface area contributed by atoms with Crippen molar-refractivity contribution in [3.8, 4) is 11.5 Å². The van der Waals surface area contributed by atoms with Gasteiger partial charge >= 0.3 is 0 Å². The Morgan fingerprint density at radius 3 is 2.26 bits per heavy atom. The predicted octanol–water partition coefficient (Wildman–Crippen LogP) is 5.55. The summed E-state index contributed by atoms with van der Waals surface area (Å²) in [5.41, 5.74) is 1.91. The first-order valence-electron chi connectivity index (χ1n) is 8.17. The van der Waals surface area contributed by atoms with Crippen LogP contribution in [0.4, 0.5) is 5.69 Å². The molecular weight excluding hydrogens is 385 g/mol. The molecule has 0 aromatic heterocycles. The van der Waals surface area contributed by atoms with Gasteiger partial charge in [-0.25, -0.2) is 0 Å². The number of methoxy groups -OCH3 is 1. The van der Waals surface area contributed by atoms with Gasteiger partial charge in [0.1, 0.15) is 11.5 Å². The second-order valence-corrected chi connectivity index (χ2v) is 6.72. The summed E-state index contributed by atoms with van der Waals surface area (Å²) in [6.45, 7) is 0.326. The number of benzene rings is 3. The molecule has 0 spiro atoms. The number of aromatic hydroxyl groups is 1. The highest BCUT2D eigenvalue weighted by Gasteiger charge is 2.21. The number of hydrogen-bond donors (Lipinski definition) is 1. The first kappa shape index (κ1) is 19.1. The second kappa shape index (κ2) is 8.33. The van der Waals surface area contributed by atoms with Crippen molar-refractivity contribution >= 4 is 34.8 Å². The van der Waals surface area contributed by atoms with Crippen molar-refractivity contribution in [1.29, 1.82) is 0 Å². The topological polar surface area (TPSA) is 49.8 Å². The van der Waals surface area contributed by atoms with Gasteiger partial charge in [0.15, 0.2) is 0 Å². The SMILES string of the molecule is COc1ccc(CN(C(=O)c2ccc(Cl)cc2Cl)c2ccc(O)cc2)cc1. The molecule has 0 saturated heterocycles. The van der Waals surface area contributed by atoms with Gasteiger partial charge in [-0.3, -0.25) is 4.79 Å². The van der Waals surface area contributed by atoms with Crippen LogP contribution in [0.1, 0.15) is 15.9 Å². The Hall–Kier alpha value is -2.69. The number of carbonyl (C=O) groups is 1. The fourth-order valence-electron chi connectivity index (χ4n) is 2.63. The zero-order valence-corrected chi connectivity index (χ0v) is 16.0. The summed E-state index contributed by atoms with van der Waals surface area (Å²) < 4.78 is 5.18. The van der Waals surface area contributed by atoms with Gasteiger partial charge in [-0.15, -0.1) is 0 Å². The van der Waals surface area contributed by atoms with E-state index < -0.39 is 0 Å². The Balaban J connectivity index is 1.98. The number of halogens is 2. The van der Waals surface area contributed by atoms with E-state index in [-0.39, 0.29) is 16.7 Å². The third kappa shape index (κ3) is 4.54. The van der Waals surface area contributed by atoms with Crippen LogP contribution in [0.5, 0.6) is 11.5 Å². The highest BCUT2D eigenvalue weighted by Crippen LogP contribution is 2.27. The number of phenolic OH excluding ortho intramolecular Hbond substituents is 1. The Morgan fingerprint density at radius 2 is 1.67 bits per heavy atom. The monoisotopic (exact) mass is 401 g/mol. The van der Waals surface area contributed by atoms with Gasteiger partial charge in [0.25, 0.3) is 5.91 Å². The lowest BCUT2D eigenvalue weighted by molar-refractivity contribution is 0.0985. The van der Waals surface area contributed by atoms with Gasteiger partial charge < -0.3 is 14.7 Å². The zero-order valence-electron chi connectivity index (χ0n) is 14.5. The smallest absolute Gasteiger partial charge is 0.260 e. The highest BCUT2D eigenvalue weighted by molar-refractivity contribution is 6.37. The molecule has 1 amide bonds. The van der Waals surface area contributed by atoms with Crippen LogP contribution >= 0.6 is 23.2 Å². The number of phenols is 1. The lowest BCUT2D eigenvalue weighted by Crippen LogP contribution is -2.30. The normalized spacial score (nSPS) is 10.5. The van der Waals surface area contributed by atoms with Crippen molar-refractivity contribution in [3.05, 3.63) is 87.9 Å². The quantitative estimate of drug-likeness (QED) is 0.608. The summed E-state index contributed by atoms with van der Waals surface area (Å²) in [7, 11) is 1.60. The van der Waals surface area contributed by atoms with Crippen LogP contribution in [0.2, 0.25) is 10.0 Å². The molecule has 1 N–H and O–H groups in total. The van der Waals surface area contributed by atoms with Crippen molar-refractivity contribution in [2.75, 3.05) is 12.0 Å². The molecule has 3 rings (SSSR count). The lowest BCUT2D eigenvalue weighted by atomic mass is 10.1. The number of rotatable bonds is 5. The summed E-state index contributed by atoms with van der Waals surface area (Å²) in [4.78, 5) is 14.8. The van der Waals surface area contributed by atoms with Crippen LogP contribution in [0.15, 0.2) is 66.7 Å². The van der Waals surface area contributed by atoms with Crippen LogP contribution in [-0.4, -0.2) is 18.1 Å². The van der Waals surface area contributed by atoms with Crippen molar-refractivity contribution in [3.63, 3.8) is 0 Å². The number of hydrogen-bond acceptors (Lipinski definition) is 3. The predicted molar refractivity (Wildman–Crippen MR) is 108 cm³/mol. The minimum atomic E-state index is -0.266. The molecule has 0 bridgehead atoms. The van der Waals surface area contributed by atoms with Crippen LogP contribution in [0, 0.1) is 0 Å². The largest absolute Gasteiger partial charge is 0.508 e. The van der Waals surface area contributed by atoms with Crippen molar-refractivity contribution in [2.24, 2.45) is 0 Å². The molecule has 0 unspecified atom stereocenters. The molecule has 0 heterocycles. The van der Waals surface area contributed by atoms with Gasteiger partial charge in [-0.1, -0.05) is 35.3 Å². The standard InChI is InChI=1S/C21H17Cl2NO3/c1-27-18-9-2-14(3-10-18)13-24(16-5-7-17(25)8-6-16)21(26)19-11-4-15(22)12-20(19)23/h2-12,25H,13H2,1H3. The molecule has 138 valence electrons. The summed E-state index contributed by atoms with van der Waals surface area (Å²) >= 11 is 12.2. The number of ether oxygens (including phenoxy) is 1. The molecule has 4 nitrogen and oxygen atoms in total. The molecule has 0 aliphatic carbocycles. The maximum absolute atomic E-state index is 13.2. The molecule has 0 radical (unpaired) electrons. The molecule has 27 heavy (non-hydrogen) atoms. The summed E-state index contributed by atoms with van der Waals surface area (Å²) in [6, 6.07) is 18.7. The molecular formula is C21H17Cl2NO3. The first-order chi connectivity index (χ1) is 13.0. The maximum Gasteiger partial charge on any atom is 0.260 e. The fourth-order valence-corrected chi connectivity index (χ4v) is 3.12. The number of carbonyl (C=O) groups excluding carboxylic acids is 1. The summed E-state index contributed by atoms with van der Waals surface area (Å²) in [5.74, 6) is 0.598. The van der Waals surface area contributed by atoms with Crippen molar-refractivity contribution in [2.45, 2.75) is 6.54 Å². The zero-order chi connectivity index (χ0) is 19.4. The summed E-state index contributed by atoms with van der Waals surface area (Å²) in [6.07, 6.45) is 0. The molecule has 0 aliphatic rings. The number of anilines is 1. The van der Waals surface area contributed by atoms with Gasteiger partial charge in [-0.05, 0) is 60.2 Å². The second-order valence-electron chi connectivity index (χ2n) is 5.88. The average molecular weight is 402 g/mol. The van der Waals surface area contributed by atoms with E-state index in [0.717, 1.165) is 11.3 Å². The molecule has 0 fully saturated rings. The Morgan fingerprint density at radius 1 is 1.00 bits per heavy atom. The maximum atomic E-state index is 13.2. The number of amides is 1. The van der Waals surface area contributed by atoms with Gasteiger partial charge in [-0.2, -0.15) is 0 Å². The Kier molecular flexibility index (Phi) is 5.89. The molecule has 6 heteroatoms. The number of nitrogens with zero attached hydrogens (tertiary/aromatic N) is 1. The first-order valence-corrected chi connectivity index (χ1v) is 8.92. The lowest BCUT2D eigenvalue weighted by Gasteiger charge is -2.24. The van der Waals surface area contributed by atoms with Crippen LogP contribution in [0.3, 0.4) is 0 Å².